The van der Waals surface area contributed by atoms with E-state index in [0.717, 1.165) is 44.5 Å². The summed E-state index contributed by atoms with van der Waals surface area (Å²) in [6.07, 6.45) is 4.41. The molecule has 1 aliphatic rings. The quantitative estimate of drug-likeness (QED) is 0.647. The first kappa shape index (κ1) is 16.3. The van der Waals surface area contributed by atoms with Crippen LogP contribution in [0, 0.1) is 10.1 Å². The van der Waals surface area contributed by atoms with Crippen LogP contribution in [0.3, 0.4) is 0 Å². The number of nitrogens with one attached hydrogen (secondary N) is 1. The van der Waals surface area contributed by atoms with Crippen LogP contribution in [0.4, 0.5) is 11.4 Å². The molecule has 1 aromatic carbocycles. The minimum atomic E-state index is -0.387. The monoisotopic (exact) mass is 305 g/mol. The first-order chi connectivity index (χ1) is 10.6. The average Bonchev–Trinajstić information content (AvgIpc) is 2.54. The molecule has 0 spiro atoms. The molecule has 0 aliphatic carbocycles. The smallest absolute Gasteiger partial charge is 0.269 e. The van der Waals surface area contributed by atoms with Gasteiger partial charge in [-0.25, -0.2) is 0 Å². The van der Waals surface area contributed by atoms with Gasteiger partial charge in [-0.15, -0.1) is 0 Å². The molecule has 1 saturated heterocycles. The number of hydrogen-bond acceptors (Lipinski definition) is 4. The average molecular weight is 305 g/mol. The number of nitro groups is 1. The Morgan fingerprint density at radius 1 is 1.32 bits per heavy atom. The summed E-state index contributed by atoms with van der Waals surface area (Å²) in [6.45, 7) is 3.79. The molecule has 6 heteroatoms. The molecule has 0 saturated carbocycles. The molecule has 1 heterocycles. The normalized spacial score (nSPS) is 15.6. The number of piperidine rings is 1. The van der Waals surface area contributed by atoms with E-state index in [9.17, 15) is 14.9 Å². The van der Waals surface area contributed by atoms with Gasteiger partial charge in [0.15, 0.2) is 0 Å². The summed E-state index contributed by atoms with van der Waals surface area (Å²) in [7, 11) is 0. The highest BCUT2D eigenvalue weighted by molar-refractivity contribution is 5.76. The maximum absolute atomic E-state index is 11.7. The van der Waals surface area contributed by atoms with E-state index < -0.39 is 0 Å². The Morgan fingerprint density at radius 3 is 2.50 bits per heavy atom. The van der Waals surface area contributed by atoms with Gasteiger partial charge in [-0.2, -0.15) is 0 Å². The molecule has 0 bridgehead atoms. The van der Waals surface area contributed by atoms with Crippen LogP contribution in [0.25, 0.3) is 0 Å². The Hall–Kier alpha value is -2.11. The van der Waals surface area contributed by atoms with Crippen molar-refractivity contribution >= 4 is 17.3 Å². The van der Waals surface area contributed by atoms with Crippen molar-refractivity contribution in [1.82, 2.24) is 5.32 Å². The highest BCUT2D eigenvalue weighted by atomic mass is 16.6. The van der Waals surface area contributed by atoms with Gasteiger partial charge in [0.05, 0.1) is 4.92 Å². The van der Waals surface area contributed by atoms with Gasteiger partial charge in [0, 0.05) is 43.4 Å². The van der Waals surface area contributed by atoms with Crippen LogP contribution >= 0.6 is 0 Å². The van der Waals surface area contributed by atoms with Crippen LogP contribution in [-0.4, -0.2) is 30.0 Å². The lowest BCUT2D eigenvalue weighted by atomic mass is 10.0. The van der Waals surface area contributed by atoms with Crippen molar-refractivity contribution in [2.24, 2.45) is 0 Å². The second-order valence-corrected chi connectivity index (χ2v) is 5.71. The molecule has 120 valence electrons. The number of nitrogens with zero attached hydrogens (tertiary/aromatic N) is 2. The molecule has 1 aliphatic heterocycles. The fraction of sp³-hybridized carbons (Fsp3) is 0.562. The van der Waals surface area contributed by atoms with Crippen LogP contribution in [0.1, 0.15) is 39.0 Å². The molecule has 0 unspecified atom stereocenters. The van der Waals surface area contributed by atoms with Crippen molar-refractivity contribution < 1.29 is 9.72 Å². The lowest BCUT2D eigenvalue weighted by Crippen LogP contribution is -2.44. The number of non-ortho nitro benzene ring substituents is 1. The van der Waals surface area contributed by atoms with Gasteiger partial charge in [-0.05, 0) is 31.4 Å². The topological polar surface area (TPSA) is 75.5 Å². The Balaban J connectivity index is 1.81. The molecule has 1 N–H and O–H groups in total. The zero-order valence-corrected chi connectivity index (χ0v) is 13.0. The number of nitro benzene ring substituents is 1. The second-order valence-electron chi connectivity index (χ2n) is 5.71. The highest BCUT2D eigenvalue weighted by Crippen LogP contribution is 2.22. The third-order valence-corrected chi connectivity index (χ3v) is 4.04. The van der Waals surface area contributed by atoms with Crippen LogP contribution in [-0.2, 0) is 4.79 Å². The summed E-state index contributed by atoms with van der Waals surface area (Å²) >= 11 is 0. The lowest BCUT2D eigenvalue weighted by Gasteiger charge is -2.34. The van der Waals surface area contributed by atoms with Crippen molar-refractivity contribution in [1.29, 1.82) is 0 Å². The predicted octanol–water partition coefficient (Wildman–Crippen LogP) is 2.87. The van der Waals surface area contributed by atoms with E-state index in [1.165, 1.54) is 12.1 Å². The van der Waals surface area contributed by atoms with Crippen molar-refractivity contribution in [2.75, 3.05) is 18.0 Å². The third-order valence-electron chi connectivity index (χ3n) is 4.04. The van der Waals surface area contributed by atoms with E-state index in [4.69, 9.17) is 0 Å². The van der Waals surface area contributed by atoms with Gasteiger partial charge in [-0.1, -0.05) is 13.3 Å². The Morgan fingerprint density at radius 2 is 1.95 bits per heavy atom. The number of carbonyl (C=O) groups excluding carboxylic acids is 1. The number of rotatable bonds is 6. The summed E-state index contributed by atoms with van der Waals surface area (Å²) in [4.78, 5) is 24.2. The van der Waals surface area contributed by atoms with E-state index >= 15 is 0 Å². The number of hydrogen-bond donors (Lipinski definition) is 1. The fourth-order valence-electron chi connectivity index (χ4n) is 2.70. The van der Waals surface area contributed by atoms with E-state index in [1.807, 2.05) is 0 Å². The van der Waals surface area contributed by atoms with Crippen LogP contribution < -0.4 is 10.2 Å². The Labute approximate surface area is 130 Å². The molecule has 1 aromatic rings. The fourth-order valence-corrected chi connectivity index (χ4v) is 2.70. The van der Waals surface area contributed by atoms with Gasteiger partial charge < -0.3 is 10.2 Å². The Kier molecular flexibility index (Phi) is 5.75. The number of unbranched alkanes of at least 4 members (excludes halogenated alkanes) is 1. The second kappa shape index (κ2) is 7.77. The van der Waals surface area contributed by atoms with E-state index in [2.05, 4.69) is 17.1 Å². The molecule has 0 atom stereocenters. The summed E-state index contributed by atoms with van der Waals surface area (Å²) < 4.78 is 0. The standard InChI is InChI=1S/C16H23N3O3/c1-2-3-4-16(20)17-13-9-11-18(12-10-13)14-5-7-15(8-6-14)19(21)22/h5-8,13H,2-4,9-12H2,1H3,(H,17,20). The van der Waals surface area contributed by atoms with Crippen LogP contribution in [0.5, 0.6) is 0 Å². The molecular weight excluding hydrogens is 282 g/mol. The van der Waals surface area contributed by atoms with Gasteiger partial charge in [0.2, 0.25) is 5.91 Å². The molecule has 0 radical (unpaired) electrons. The van der Waals surface area contributed by atoms with E-state index in [0.29, 0.717) is 6.42 Å². The molecule has 22 heavy (non-hydrogen) atoms. The van der Waals surface area contributed by atoms with Crippen molar-refractivity contribution in [3.63, 3.8) is 0 Å². The van der Waals surface area contributed by atoms with Gasteiger partial charge >= 0.3 is 0 Å². The van der Waals surface area contributed by atoms with E-state index in [-0.39, 0.29) is 22.6 Å². The predicted molar refractivity (Wildman–Crippen MR) is 86.0 cm³/mol. The summed E-state index contributed by atoms with van der Waals surface area (Å²) in [5.41, 5.74) is 1.11. The molecule has 2 rings (SSSR count). The van der Waals surface area contributed by atoms with Crippen LogP contribution in [0.2, 0.25) is 0 Å². The zero-order valence-electron chi connectivity index (χ0n) is 13.0. The van der Waals surface area contributed by atoms with Gasteiger partial charge in [0.1, 0.15) is 0 Å². The number of amides is 1. The maximum atomic E-state index is 11.7. The maximum Gasteiger partial charge on any atom is 0.269 e. The highest BCUT2D eigenvalue weighted by Gasteiger charge is 2.21. The summed E-state index contributed by atoms with van der Waals surface area (Å²) in [5, 5.41) is 13.8. The Bertz CT molecular complexity index is 508. The first-order valence-corrected chi connectivity index (χ1v) is 7.89. The number of carbonyl (C=O) groups is 1. The van der Waals surface area contributed by atoms with Gasteiger partial charge in [0.25, 0.3) is 5.69 Å². The largest absolute Gasteiger partial charge is 0.371 e. The molecule has 1 amide bonds. The summed E-state index contributed by atoms with van der Waals surface area (Å²) in [5.74, 6) is 0.149. The first-order valence-electron chi connectivity index (χ1n) is 7.89. The van der Waals surface area contributed by atoms with Crippen LogP contribution in [0.15, 0.2) is 24.3 Å². The zero-order chi connectivity index (χ0) is 15.9. The minimum absolute atomic E-state index is 0.113. The summed E-state index contributed by atoms with van der Waals surface area (Å²) in [6, 6.07) is 6.90. The number of anilines is 1. The lowest BCUT2D eigenvalue weighted by molar-refractivity contribution is -0.384. The van der Waals surface area contributed by atoms with Crippen molar-refractivity contribution in [2.45, 2.75) is 45.1 Å². The number of benzene rings is 1. The van der Waals surface area contributed by atoms with Crippen molar-refractivity contribution in [3.05, 3.63) is 34.4 Å². The van der Waals surface area contributed by atoms with Gasteiger partial charge in [-0.3, -0.25) is 14.9 Å². The minimum Gasteiger partial charge on any atom is -0.371 e. The molecule has 0 aromatic heterocycles. The molecule has 1 fully saturated rings. The van der Waals surface area contributed by atoms with E-state index in [1.54, 1.807) is 12.1 Å². The molecular formula is C16H23N3O3. The molecule has 6 nitrogen and oxygen atoms in total. The SMILES string of the molecule is CCCCC(=O)NC1CCN(c2ccc([N+](=O)[O-])cc2)CC1. The third kappa shape index (κ3) is 4.44. The van der Waals surface area contributed by atoms with Crippen molar-refractivity contribution in [3.8, 4) is 0 Å².